The van der Waals surface area contributed by atoms with Crippen LogP contribution in [-0.2, 0) is 4.74 Å². The van der Waals surface area contributed by atoms with Crippen molar-refractivity contribution in [1.29, 1.82) is 0 Å². The summed E-state index contributed by atoms with van der Waals surface area (Å²) in [4.78, 5) is 50.4. The molecule has 0 aromatic heterocycles. The molecule has 0 saturated heterocycles. The highest BCUT2D eigenvalue weighted by molar-refractivity contribution is 6.22. The third-order valence-electron chi connectivity index (χ3n) is 4.88. The van der Waals surface area contributed by atoms with Crippen molar-refractivity contribution in [2.24, 2.45) is 0 Å². The molecule has 150 valence electrons. The molecule has 2 aromatic rings. The number of phenols is 1. The Balaban J connectivity index is 1.84. The van der Waals surface area contributed by atoms with Crippen molar-refractivity contribution in [3.8, 4) is 5.75 Å². The SMILES string of the molecule is CCC(C)N1C(=O)c2ccc(C(=O)Nc3ccc(C(=O)OC)cc3O)cc2C1=O. The van der Waals surface area contributed by atoms with Crippen molar-refractivity contribution in [1.82, 2.24) is 4.90 Å². The van der Waals surface area contributed by atoms with E-state index in [1.165, 1.54) is 48.4 Å². The lowest BCUT2D eigenvalue weighted by molar-refractivity contribution is 0.0584. The van der Waals surface area contributed by atoms with E-state index in [0.717, 1.165) is 0 Å². The van der Waals surface area contributed by atoms with Crippen molar-refractivity contribution >= 4 is 29.4 Å². The number of ether oxygens (including phenoxy) is 1. The summed E-state index contributed by atoms with van der Waals surface area (Å²) in [6.45, 7) is 3.67. The first-order chi connectivity index (χ1) is 13.8. The summed E-state index contributed by atoms with van der Waals surface area (Å²) < 4.78 is 4.58. The first-order valence-corrected chi connectivity index (χ1v) is 9.03. The van der Waals surface area contributed by atoms with Crippen molar-refractivity contribution in [3.63, 3.8) is 0 Å². The smallest absolute Gasteiger partial charge is 0.337 e. The standard InChI is InChI=1S/C21H20N2O6/c1-4-11(2)23-19(26)14-7-5-12(9-15(14)20(23)27)18(25)22-16-8-6-13(10-17(16)24)21(28)29-3/h5-11,24H,4H2,1-3H3,(H,22,25). The molecule has 1 atom stereocenters. The second-order valence-corrected chi connectivity index (χ2v) is 6.68. The molecule has 2 aromatic carbocycles. The number of phenolic OH excluding ortho intramolecular Hbond substituents is 1. The quantitative estimate of drug-likeness (QED) is 0.456. The number of imide groups is 1. The molecular formula is C21H20N2O6. The Kier molecular flexibility index (Phi) is 5.36. The molecule has 8 heteroatoms. The molecular weight excluding hydrogens is 376 g/mol. The van der Waals surface area contributed by atoms with Gasteiger partial charge in [-0.25, -0.2) is 4.79 Å². The topological polar surface area (TPSA) is 113 Å². The van der Waals surface area contributed by atoms with Crippen molar-refractivity contribution in [3.05, 3.63) is 58.7 Å². The monoisotopic (exact) mass is 396 g/mol. The number of amides is 3. The molecule has 3 amide bonds. The number of fused-ring (bicyclic) bond motifs is 1. The molecule has 29 heavy (non-hydrogen) atoms. The summed E-state index contributed by atoms with van der Waals surface area (Å²) in [6, 6.07) is 7.96. The summed E-state index contributed by atoms with van der Waals surface area (Å²) in [6.07, 6.45) is 0.625. The largest absolute Gasteiger partial charge is 0.506 e. The second kappa shape index (κ2) is 7.75. The van der Waals surface area contributed by atoms with Crippen LogP contribution in [0.5, 0.6) is 5.75 Å². The summed E-state index contributed by atoms with van der Waals surface area (Å²) in [5.74, 6) is -2.31. The zero-order valence-corrected chi connectivity index (χ0v) is 16.2. The van der Waals surface area contributed by atoms with Crippen molar-refractivity contribution in [2.45, 2.75) is 26.3 Å². The van der Waals surface area contributed by atoms with E-state index >= 15 is 0 Å². The number of aromatic hydroxyl groups is 1. The molecule has 2 N–H and O–H groups in total. The molecule has 8 nitrogen and oxygen atoms in total. The molecule has 0 spiro atoms. The van der Waals surface area contributed by atoms with E-state index in [4.69, 9.17) is 0 Å². The first kappa shape index (κ1) is 20.1. The lowest BCUT2D eigenvalue weighted by Crippen LogP contribution is -2.37. The van der Waals surface area contributed by atoms with E-state index in [-0.39, 0.29) is 45.6 Å². The van der Waals surface area contributed by atoms with Crippen LogP contribution in [0.15, 0.2) is 36.4 Å². The van der Waals surface area contributed by atoms with Gasteiger partial charge in [-0.05, 0) is 49.7 Å². The third kappa shape index (κ3) is 3.56. The van der Waals surface area contributed by atoms with E-state index in [1.54, 1.807) is 6.92 Å². The Morgan fingerprint density at radius 2 is 1.72 bits per heavy atom. The Morgan fingerprint density at radius 3 is 2.34 bits per heavy atom. The number of hydrogen-bond acceptors (Lipinski definition) is 6. The molecule has 1 heterocycles. The van der Waals surface area contributed by atoms with Gasteiger partial charge in [0.05, 0.1) is 29.5 Å². The zero-order valence-electron chi connectivity index (χ0n) is 16.2. The maximum Gasteiger partial charge on any atom is 0.337 e. The predicted molar refractivity (Wildman–Crippen MR) is 104 cm³/mol. The van der Waals surface area contributed by atoms with Gasteiger partial charge >= 0.3 is 5.97 Å². The Hall–Kier alpha value is -3.68. The lowest BCUT2D eigenvalue weighted by atomic mass is 10.1. The molecule has 1 aliphatic rings. The fourth-order valence-electron chi connectivity index (χ4n) is 3.06. The number of benzene rings is 2. The number of nitrogens with one attached hydrogen (secondary N) is 1. The normalized spacial score (nSPS) is 13.8. The van der Waals surface area contributed by atoms with Crippen LogP contribution in [0.1, 0.15) is 61.7 Å². The van der Waals surface area contributed by atoms with Crippen LogP contribution >= 0.6 is 0 Å². The van der Waals surface area contributed by atoms with Crippen LogP contribution in [0.3, 0.4) is 0 Å². The number of methoxy groups -OCH3 is 1. The second-order valence-electron chi connectivity index (χ2n) is 6.68. The number of carbonyl (C=O) groups excluding carboxylic acids is 4. The van der Waals surface area contributed by atoms with Gasteiger partial charge < -0.3 is 15.2 Å². The average molecular weight is 396 g/mol. The molecule has 0 aliphatic carbocycles. The molecule has 3 rings (SSSR count). The number of hydrogen-bond donors (Lipinski definition) is 2. The highest BCUT2D eigenvalue weighted by atomic mass is 16.5. The highest BCUT2D eigenvalue weighted by Gasteiger charge is 2.38. The van der Waals surface area contributed by atoms with Crippen LogP contribution in [0.2, 0.25) is 0 Å². The van der Waals surface area contributed by atoms with Crippen molar-refractivity contribution < 1.29 is 29.0 Å². The van der Waals surface area contributed by atoms with E-state index in [0.29, 0.717) is 6.42 Å². The summed E-state index contributed by atoms with van der Waals surface area (Å²) in [5, 5.41) is 12.6. The summed E-state index contributed by atoms with van der Waals surface area (Å²) in [7, 11) is 1.22. The van der Waals surface area contributed by atoms with Gasteiger partial charge in [0.1, 0.15) is 5.75 Å². The molecule has 1 unspecified atom stereocenters. The van der Waals surface area contributed by atoms with Gasteiger partial charge in [0.2, 0.25) is 0 Å². The fourth-order valence-corrected chi connectivity index (χ4v) is 3.06. The lowest BCUT2D eigenvalue weighted by Gasteiger charge is -2.20. The number of esters is 1. The van der Waals surface area contributed by atoms with Gasteiger partial charge in [-0.1, -0.05) is 6.92 Å². The van der Waals surface area contributed by atoms with Gasteiger partial charge in [-0.3, -0.25) is 19.3 Å². The number of carbonyl (C=O) groups is 4. The van der Waals surface area contributed by atoms with Crippen LogP contribution in [0, 0.1) is 0 Å². The van der Waals surface area contributed by atoms with Gasteiger partial charge in [-0.2, -0.15) is 0 Å². The minimum absolute atomic E-state index is 0.0896. The van der Waals surface area contributed by atoms with Gasteiger partial charge in [0.15, 0.2) is 0 Å². The highest BCUT2D eigenvalue weighted by Crippen LogP contribution is 2.28. The first-order valence-electron chi connectivity index (χ1n) is 9.03. The third-order valence-corrected chi connectivity index (χ3v) is 4.88. The van der Waals surface area contributed by atoms with Crippen LogP contribution in [-0.4, -0.2) is 46.8 Å². The molecule has 0 bridgehead atoms. The van der Waals surface area contributed by atoms with Gasteiger partial charge in [0.25, 0.3) is 17.7 Å². The Morgan fingerprint density at radius 1 is 1.07 bits per heavy atom. The maximum absolute atomic E-state index is 12.6. The molecule has 0 fully saturated rings. The van der Waals surface area contributed by atoms with E-state index < -0.39 is 17.8 Å². The average Bonchev–Trinajstić information content (AvgIpc) is 2.98. The maximum atomic E-state index is 12.6. The number of anilines is 1. The van der Waals surface area contributed by atoms with Gasteiger partial charge in [0, 0.05) is 11.6 Å². The van der Waals surface area contributed by atoms with E-state index in [1.807, 2.05) is 6.92 Å². The van der Waals surface area contributed by atoms with Crippen molar-refractivity contribution in [2.75, 3.05) is 12.4 Å². The molecule has 0 radical (unpaired) electrons. The number of nitrogens with zero attached hydrogens (tertiary/aromatic N) is 1. The molecule has 1 aliphatic heterocycles. The van der Waals surface area contributed by atoms with E-state index in [2.05, 4.69) is 10.1 Å². The fraction of sp³-hybridized carbons (Fsp3) is 0.238. The predicted octanol–water partition coefficient (Wildman–Crippen LogP) is 2.83. The summed E-state index contributed by atoms with van der Waals surface area (Å²) >= 11 is 0. The minimum atomic E-state index is -0.620. The van der Waals surface area contributed by atoms with Crippen LogP contribution < -0.4 is 5.32 Å². The van der Waals surface area contributed by atoms with Gasteiger partial charge in [-0.15, -0.1) is 0 Å². The Bertz CT molecular complexity index is 1030. The minimum Gasteiger partial charge on any atom is -0.506 e. The summed E-state index contributed by atoms with van der Waals surface area (Å²) in [5.41, 5.74) is 0.819. The van der Waals surface area contributed by atoms with Crippen LogP contribution in [0.25, 0.3) is 0 Å². The number of rotatable bonds is 5. The van der Waals surface area contributed by atoms with Crippen LogP contribution in [0.4, 0.5) is 5.69 Å². The van der Waals surface area contributed by atoms with E-state index in [9.17, 15) is 24.3 Å². The molecule has 0 saturated carbocycles. The Labute approximate surface area is 167 Å². The zero-order chi connectivity index (χ0) is 21.3.